The Labute approximate surface area is 297 Å². The maximum absolute atomic E-state index is 13.4. The van der Waals surface area contributed by atoms with E-state index < -0.39 is 6.43 Å². The largest absolute Gasteiger partial charge is 0.483 e. The minimum absolute atomic E-state index is 0.0294. The summed E-state index contributed by atoms with van der Waals surface area (Å²) in [6, 6.07) is 5.65. The summed E-state index contributed by atoms with van der Waals surface area (Å²) in [5.74, 6) is 2.03. The zero-order valence-electron chi connectivity index (χ0n) is 29.4. The van der Waals surface area contributed by atoms with E-state index in [1.807, 2.05) is 37.4 Å². The van der Waals surface area contributed by atoms with Crippen LogP contribution in [0.2, 0.25) is 0 Å². The molecule has 0 aromatic carbocycles. The molecule has 0 amide bonds. The van der Waals surface area contributed by atoms with Crippen molar-refractivity contribution in [2.75, 3.05) is 32.9 Å². The highest BCUT2D eigenvalue weighted by Gasteiger charge is 2.42. The molecule has 4 rings (SSSR count). The molecule has 0 aliphatic carbocycles. The number of carbonyl (C=O) groups is 1. The van der Waals surface area contributed by atoms with Crippen molar-refractivity contribution < 1.29 is 28.2 Å². The summed E-state index contributed by atoms with van der Waals surface area (Å²) >= 11 is 4.78. The maximum atomic E-state index is 13.4. The van der Waals surface area contributed by atoms with Crippen molar-refractivity contribution in [1.29, 1.82) is 0 Å². The van der Waals surface area contributed by atoms with Gasteiger partial charge in [-0.3, -0.25) is 9.59 Å². The van der Waals surface area contributed by atoms with E-state index in [-0.39, 0.29) is 23.3 Å². The topological polar surface area (TPSA) is 104 Å². The number of amidine groups is 1. The number of allylic oxidation sites excluding steroid dienone is 4. The first-order chi connectivity index (χ1) is 22.8. The van der Waals surface area contributed by atoms with Crippen molar-refractivity contribution in [2.24, 2.45) is 16.8 Å². The van der Waals surface area contributed by atoms with Crippen LogP contribution in [-0.4, -0.2) is 72.2 Å². The fourth-order valence-electron chi connectivity index (χ4n) is 4.61. The Bertz CT molecular complexity index is 1340. The number of alkyl halides is 2. The number of aromatic nitrogens is 1. The van der Waals surface area contributed by atoms with Gasteiger partial charge in [0.25, 0.3) is 18.5 Å². The molecule has 2 aromatic rings. The van der Waals surface area contributed by atoms with E-state index in [1.54, 1.807) is 30.5 Å². The van der Waals surface area contributed by atoms with Crippen LogP contribution in [0, 0.1) is 18.8 Å². The number of halogens is 3. The second-order valence-electron chi connectivity index (χ2n) is 12.1. The van der Waals surface area contributed by atoms with Crippen molar-refractivity contribution >= 4 is 45.1 Å². The van der Waals surface area contributed by atoms with Crippen LogP contribution in [0.15, 0.2) is 61.9 Å². The van der Waals surface area contributed by atoms with Gasteiger partial charge in [0.2, 0.25) is 0 Å². The zero-order valence-corrected chi connectivity index (χ0v) is 31.8. The summed E-state index contributed by atoms with van der Waals surface area (Å²) in [5.41, 5.74) is 1.40. The molecule has 2 saturated heterocycles. The van der Waals surface area contributed by atoms with Crippen LogP contribution in [0.1, 0.15) is 84.1 Å². The molecule has 12 heteroatoms. The number of rotatable bonds is 11. The van der Waals surface area contributed by atoms with E-state index in [0.717, 1.165) is 78.6 Å². The average Bonchev–Trinajstić information content (AvgIpc) is 3.76. The number of carboxylic acid groups (broad SMARTS) is 1. The number of nitrogens with zero attached hydrogens (tertiary/aromatic N) is 2. The van der Waals surface area contributed by atoms with E-state index in [1.165, 1.54) is 18.9 Å². The Balaban J connectivity index is 0.000000377. The molecule has 0 saturated carbocycles. The van der Waals surface area contributed by atoms with Crippen LogP contribution in [0.3, 0.4) is 0 Å². The minimum atomic E-state index is -2.57. The lowest BCUT2D eigenvalue weighted by Crippen LogP contribution is -2.56. The third-order valence-electron chi connectivity index (χ3n) is 8.11. The number of nitrogens with one attached hydrogen (secondary N) is 1. The van der Waals surface area contributed by atoms with Crippen molar-refractivity contribution in [2.45, 2.75) is 92.6 Å². The third-order valence-corrected chi connectivity index (χ3v) is 9.48. The van der Waals surface area contributed by atoms with Gasteiger partial charge in [0, 0.05) is 40.8 Å². The second kappa shape index (κ2) is 23.6. The number of hydrogen-bond acceptors (Lipinski definition) is 6. The number of hydrogen-bond donors (Lipinski definition) is 2. The van der Waals surface area contributed by atoms with Crippen LogP contribution < -0.4 is 5.56 Å². The molecule has 0 bridgehead atoms. The van der Waals surface area contributed by atoms with Gasteiger partial charge in [0.05, 0.1) is 13.2 Å². The van der Waals surface area contributed by atoms with Crippen molar-refractivity contribution in [1.82, 2.24) is 9.88 Å². The van der Waals surface area contributed by atoms with Crippen LogP contribution in [0.5, 0.6) is 0 Å². The standard InChI is InChI=1S/C17H22F2N2S.C12H24O2.C6H6BrNO.CH2O2/c1-3-7-14(16-8-6-11-22-16)12-15(17(18)19)20-13(2)21-9-4-5-10-21;1-5-11(4)6-7-14-12(10(2)3)8-13-9-12;1-4-2-5(7)3-8-6(4)9;2-1-3/h6-8,11-12,17H,3-5,9-10H2,1-2H3;10-11H,5-9H2,1-4H3;2-3H,1H3,(H,8,9);1H,(H,2,3)/b14-7-,15-12-,20-13?;;;. The first-order valence-corrected chi connectivity index (χ1v) is 18.2. The van der Waals surface area contributed by atoms with Gasteiger partial charge in [-0.2, -0.15) is 0 Å². The van der Waals surface area contributed by atoms with E-state index >= 15 is 0 Å². The Morgan fingerprint density at radius 2 is 1.90 bits per heavy atom. The van der Waals surface area contributed by atoms with E-state index in [2.05, 4.69) is 58.5 Å². The smallest absolute Gasteiger partial charge is 0.290 e. The number of H-pyrrole nitrogens is 1. The molecule has 48 heavy (non-hydrogen) atoms. The van der Waals surface area contributed by atoms with Crippen LogP contribution in [0.25, 0.3) is 5.57 Å². The van der Waals surface area contributed by atoms with Gasteiger partial charge in [-0.1, -0.05) is 53.2 Å². The van der Waals surface area contributed by atoms with Crippen LogP contribution in [-0.2, 0) is 14.3 Å². The fraction of sp³-hybridized carbons (Fsp3) is 0.583. The first-order valence-electron chi connectivity index (χ1n) is 16.5. The molecular formula is C36H54BrF2N3O5S. The molecular weight excluding hydrogens is 704 g/mol. The molecule has 0 spiro atoms. The number of thiophene rings is 1. The number of likely N-dealkylation sites (tertiary alicyclic amines) is 1. The number of ether oxygens (including phenoxy) is 2. The Hall–Kier alpha value is -2.67. The van der Waals surface area contributed by atoms with Crippen LogP contribution in [0.4, 0.5) is 8.78 Å². The van der Waals surface area contributed by atoms with Crippen molar-refractivity contribution in [3.05, 3.63) is 72.9 Å². The molecule has 2 aliphatic heterocycles. The van der Waals surface area contributed by atoms with E-state index in [0.29, 0.717) is 11.8 Å². The van der Waals surface area contributed by atoms with Gasteiger partial charge in [-0.05, 0) is 96.5 Å². The predicted octanol–water partition coefficient (Wildman–Crippen LogP) is 9.22. The SMILES string of the molecule is CC/C=C(/C=C(\N=C(C)N1CCCC1)C(F)F)c1cccs1.CCC(C)CCOC1(C(C)C)COC1.Cc1cc(Br)c[nH]c1=O.O=CO. The fourth-order valence-corrected chi connectivity index (χ4v) is 5.81. The van der Waals surface area contributed by atoms with Crippen LogP contribution >= 0.6 is 27.3 Å². The minimum Gasteiger partial charge on any atom is -0.483 e. The summed E-state index contributed by atoms with van der Waals surface area (Å²) in [7, 11) is 0. The molecule has 2 aliphatic rings. The summed E-state index contributed by atoms with van der Waals surface area (Å²) in [6.45, 7) is 18.5. The van der Waals surface area contributed by atoms with Crippen molar-refractivity contribution in [3.8, 4) is 0 Å². The quantitative estimate of drug-likeness (QED) is 0.103. The monoisotopic (exact) mass is 757 g/mol. The molecule has 0 radical (unpaired) electrons. The van der Waals surface area contributed by atoms with Gasteiger partial charge in [0.15, 0.2) is 0 Å². The molecule has 4 heterocycles. The van der Waals surface area contributed by atoms with Gasteiger partial charge in [0.1, 0.15) is 17.1 Å². The zero-order chi connectivity index (χ0) is 36.1. The lowest BCUT2D eigenvalue weighted by atomic mass is 9.88. The highest BCUT2D eigenvalue weighted by molar-refractivity contribution is 9.10. The molecule has 270 valence electrons. The maximum Gasteiger partial charge on any atom is 0.290 e. The molecule has 1 atom stereocenters. The summed E-state index contributed by atoms with van der Waals surface area (Å²) in [5, 5.41) is 8.84. The molecule has 2 N–H and O–H groups in total. The number of aliphatic imine (C=N–C) groups is 1. The Morgan fingerprint density at radius 1 is 1.25 bits per heavy atom. The van der Waals surface area contributed by atoms with Gasteiger partial charge in [-0.15, -0.1) is 11.3 Å². The van der Waals surface area contributed by atoms with E-state index in [4.69, 9.17) is 19.4 Å². The summed E-state index contributed by atoms with van der Waals surface area (Å²) in [4.78, 5) is 28.9. The summed E-state index contributed by atoms with van der Waals surface area (Å²) < 4.78 is 38.9. The average molecular weight is 759 g/mol. The lowest BCUT2D eigenvalue weighted by Gasteiger charge is -2.44. The predicted molar refractivity (Wildman–Crippen MR) is 197 cm³/mol. The van der Waals surface area contributed by atoms with Gasteiger partial charge < -0.3 is 24.5 Å². The lowest BCUT2D eigenvalue weighted by molar-refractivity contribution is -0.231. The third kappa shape index (κ3) is 15.7. The highest BCUT2D eigenvalue weighted by atomic mass is 79.9. The number of aromatic amines is 1. The number of pyridine rings is 1. The molecule has 1 unspecified atom stereocenters. The van der Waals surface area contributed by atoms with Crippen molar-refractivity contribution in [3.63, 3.8) is 0 Å². The first kappa shape index (κ1) is 43.4. The molecule has 2 aromatic heterocycles. The normalized spacial score (nSPS) is 16.6. The molecule has 8 nitrogen and oxygen atoms in total. The Kier molecular flexibility index (Phi) is 21.4. The number of aryl methyl sites for hydroxylation is 1. The van der Waals surface area contributed by atoms with Gasteiger partial charge in [-0.25, -0.2) is 13.8 Å². The highest BCUT2D eigenvalue weighted by Crippen LogP contribution is 2.31. The second-order valence-corrected chi connectivity index (χ2v) is 13.9. The Morgan fingerprint density at radius 3 is 2.33 bits per heavy atom. The van der Waals surface area contributed by atoms with E-state index in [9.17, 15) is 13.6 Å². The molecule has 2 fully saturated rings. The van der Waals surface area contributed by atoms with Gasteiger partial charge >= 0.3 is 0 Å². The summed E-state index contributed by atoms with van der Waals surface area (Å²) in [6.07, 6.45) is 7.98.